The first-order valence-electron chi connectivity index (χ1n) is 13.9. The van der Waals surface area contributed by atoms with Gasteiger partial charge in [0.1, 0.15) is 11.4 Å². The van der Waals surface area contributed by atoms with Crippen molar-refractivity contribution in [1.29, 1.82) is 0 Å². The maximum Gasteiger partial charge on any atom is 2.00 e. The molecule has 0 bridgehead atoms. The number of benzene rings is 4. The van der Waals surface area contributed by atoms with Crippen LogP contribution in [0.4, 0.5) is 10.3 Å². The number of aromatic nitrogens is 2. The zero-order chi connectivity index (χ0) is 34.4. The third-order valence-corrected chi connectivity index (χ3v) is 7.13. The summed E-state index contributed by atoms with van der Waals surface area (Å²) in [7, 11) is 0. The summed E-state index contributed by atoms with van der Waals surface area (Å²) in [5.74, 6) is 0. The van der Waals surface area contributed by atoms with E-state index in [9.17, 15) is 10.4 Å². The minimum Gasteiger partial charge on any atom is -0.791 e. The number of oxime groups is 2. The van der Waals surface area contributed by atoms with Crippen LogP contribution in [0, 0.1) is 10.4 Å². The van der Waals surface area contributed by atoms with Gasteiger partial charge in [-0.2, -0.15) is 0 Å². The minimum absolute atomic E-state index is 0. The summed E-state index contributed by atoms with van der Waals surface area (Å²) in [5.41, 5.74) is 13.4. The normalized spacial score (nSPS) is 11.3. The van der Waals surface area contributed by atoms with Crippen LogP contribution in [0.5, 0.6) is 0 Å². The van der Waals surface area contributed by atoms with E-state index in [1.165, 1.54) is 22.7 Å². The number of rotatable bonds is 6. The summed E-state index contributed by atoms with van der Waals surface area (Å²) >= 11 is 2.89. The van der Waals surface area contributed by atoms with E-state index in [0.717, 1.165) is 0 Å². The van der Waals surface area contributed by atoms with Crippen LogP contribution in [0.1, 0.15) is 22.3 Å². The van der Waals surface area contributed by atoms with E-state index in [4.69, 9.17) is 21.9 Å². The SMILES string of the molecule is Nc1nccs1.Nc1nccs1.[Fe+2].[O-]/N=C(/C(=N/O)c1ccccc1)c1ccccc1.[O-]N=C(/C(=N/O)c1ccccc1)c1ccccc1. The Morgan fingerprint density at radius 1 is 0.490 bits per heavy atom. The molecule has 0 spiro atoms. The average Bonchev–Trinajstić information content (AvgIpc) is 3.85. The molecule has 15 heteroatoms. The maximum absolute atomic E-state index is 11.0. The van der Waals surface area contributed by atoms with Gasteiger partial charge in [-0.1, -0.05) is 132 Å². The summed E-state index contributed by atoms with van der Waals surface area (Å²) in [6.07, 6.45) is 3.36. The maximum atomic E-state index is 11.0. The molecule has 0 aliphatic heterocycles. The molecule has 49 heavy (non-hydrogen) atoms. The Balaban J connectivity index is 0.000000251. The minimum atomic E-state index is 0. The molecule has 0 aliphatic rings. The number of thiazole rings is 2. The second-order valence-corrected chi connectivity index (χ2v) is 10.8. The van der Waals surface area contributed by atoms with Gasteiger partial charge >= 0.3 is 17.1 Å². The Bertz CT molecular complexity index is 1620. The van der Waals surface area contributed by atoms with E-state index in [1.54, 1.807) is 109 Å². The van der Waals surface area contributed by atoms with Crippen molar-refractivity contribution in [3.8, 4) is 0 Å². The number of hydrogen-bond acceptors (Lipinski definition) is 14. The molecule has 6 N–H and O–H groups in total. The Morgan fingerprint density at radius 3 is 0.918 bits per heavy atom. The van der Waals surface area contributed by atoms with Crippen molar-refractivity contribution in [1.82, 2.24) is 9.97 Å². The molecule has 0 saturated carbocycles. The van der Waals surface area contributed by atoms with Gasteiger partial charge in [0.2, 0.25) is 0 Å². The van der Waals surface area contributed by atoms with Gasteiger partial charge in [0, 0.05) is 45.4 Å². The molecule has 250 valence electrons. The molecular weight excluding hydrogens is 704 g/mol. The number of hydrogen-bond donors (Lipinski definition) is 4. The average molecular weight is 735 g/mol. The third kappa shape index (κ3) is 13.0. The third-order valence-electron chi connectivity index (χ3n) is 5.92. The van der Waals surface area contributed by atoms with E-state index >= 15 is 0 Å². The summed E-state index contributed by atoms with van der Waals surface area (Å²) in [5, 5.41) is 57.5. The predicted octanol–water partition coefficient (Wildman–Crippen LogP) is 7.15. The van der Waals surface area contributed by atoms with Crippen molar-refractivity contribution >= 4 is 55.8 Å². The number of nitrogens with two attached hydrogens (primary N) is 2. The fraction of sp³-hybridized carbons (Fsp3) is 0. The molecule has 6 aromatic rings. The van der Waals surface area contributed by atoms with Gasteiger partial charge in [-0.3, -0.25) is 0 Å². The Hall–Kier alpha value is -5.86. The van der Waals surface area contributed by atoms with Crippen LogP contribution in [-0.4, -0.2) is 43.2 Å². The van der Waals surface area contributed by atoms with E-state index in [2.05, 4.69) is 30.6 Å². The summed E-state index contributed by atoms with van der Waals surface area (Å²) in [4.78, 5) is 7.43. The zero-order valence-electron chi connectivity index (χ0n) is 25.6. The molecular formula is C34H30FeN8O4S2. The first-order chi connectivity index (χ1) is 23.5. The Morgan fingerprint density at radius 2 is 0.755 bits per heavy atom. The monoisotopic (exact) mass is 734 g/mol. The van der Waals surface area contributed by atoms with Crippen LogP contribution < -0.4 is 11.5 Å². The van der Waals surface area contributed by atoms with Crippen molar-refractivity contribution in [2.24, 2.45) is 20.6 Å². The summed E-state index contributed by atoms with van der Waals surface area (Å²) in [6, 6.07) is 35.7. The van der Waals surface area contributed by atoms with E-state index in [1.807, 2.05) is 35.0 Å². The van der Waals surface area contributed by atoms with Crippen molar-refractivity contribution in [3.63, 3.8) is 0 Å². The molecule has 0 saturated heterocycles. The zero-order valence-corrected chi connectivity index (χ0v) is 28.3. The van der Waals surface area contributed by atoms with E-state index in [0.29, 0.717) is 32.5 Å². The van der Waals surface area contributed by atoms with Gasteiger partial charge in [-0.25, -0.2) is 9.97 Å². The second-order valence-electron chi connectivity index (χ2n) is 8.98. The van der Waals surface area contributed by atoms with Gasteiger partial charge < -0.3 is 42.6 Å². The molecule has 0 aliphatic carbocycles. The first-order valence-corrected chi connectivity index (χ1v) is 15.6. The molecule has 0 atom stereocenters. The quantitative estimate of drug-likeness (QED) is 0.0595. The topological polar surface area (TPSA) is 214 Å². The summed E-state index contributed by atoms with van der Waals surface area (Å²) < 4.78 is 0. The molecule has 4 aromatic carbocycles. The van der Waals surface area contributed by atoms with Crippen molar-refractivity contribution in [3.05, 3.63) is 177 Å². The van der Waals surface area contributed by atoms with Gasteiger partial charge in [-0.15, -0.1) is 22.7 Å². The van der Waals surface area contributed by atoms with Crippen LogP contribution in [0.2, 0.25) is 0 Å². The van der Waals surface area contributed by atoms with Crippen LogP contribution in [0.15, 0.2) is 165 Å². The standard InChI is InChI=1S/2C14H12N2O2.2C3H4N2S.Fe/c2*17-15-13(11-7-3-1-4-8-11)14(16-18)12-9-5-2-6-10-12;2*4-3-5-1-2-6-3;/h2*1-10,17-18H;2*1-2H,(H2,4,5);/q;;;;+2/p-2/b15-13+,16-14?;15-13+,16-14+;;;. The van der Waals surface area contributed by atoms with E-state index < -0.39 is 0 Å². The van der Waals surface area contributed by atoms with Crippen LogP contribution in [0.25, 0.3) is 0 Å². The second kappa shape index (κ2) is 22.6. The van der Waals surface area contributed by atoms with E-state index in [-0.39, 0.29) is 39.9 Å². The molecule has 2 aromatic heterocycles. The molecule has 0 unspecified atom stereocenters. The van der Waals surface area contributed by atoms with Crippen molar-refractivity contribution in [2.75, 3.05) is 11.5 Å². The van der Waals surface area contributed by atoms with Gasteiger partial charge in [0.15, 0.2) is 10.3 Å². The van der Waals surface area contributed by atoms with Crippen LogP contribution in [0.3, 0.4) is 0 Å². The molecule has 6 rings (SSSR count). The van der Waals surface area contributed by atoms with Crippen LogP contribution in [-0.2, 0) is 17.1 Å². The summed E-state index contributed by atoms with van der Waals surface area (Å²) in [6.45, 7) is 0. The fourth-order valence-corrected chi connectivity index (χ4v) is 4.57. The molecule has 2 heterocycles. The van der Waals surface area contributed by atoms with Crippen molar-refractivity contribution in [2.45, 2.75) is 0 Å². The van der Waals surface area contributed by atoms with Crippen molar-refractivity contribution < 1.29 is 27.5 Å². The Labute approximate surface area is 301 Å². The number of nitrogens with zero attached hydrogens (tertiary/aromatic N) is 6. The first kappa shape index (κ1) is 39.3. The van der Waals surface area contributed by atoms with Gasteiger partial charge in [-0.05, 0) is 0 Å². The Kier molecular flexibility index (Phi) is 18.2. The van der Waals surface area contributed by atoms with Gasteiger partial charge in [0.25, 0.3) is 0 Å². The number of anilines is 2. The van der Waals surface area contributed by atoms with Gasteiger partial charge in [0.05, 0.1) is 11.4 Å². The smallest absolute Gasteiger partial charge is 0.791 e. The molecule has 0 radical (unpaired) electrons. The molecule has 0 amide bonds. The number of nitrogen functional groups attached to an aromatic ring is 2. The largest absolute Gasteiger partial charge is 2.00 e. The molecule has 12 nitrogen and oxygen atoms in total. The molecule has 0 fully saturated rings. The fourth-order valence-electron chi connectivity index (χ4n) is 3.80. The predicted molar refractivity (Wildman–Crippen MR) is 195 cm³/mol. The van der Waals surface area contributed by atoms with Crippen LogP contribution >= 0.6 is 22.7 Å².